The van der Waals surface area contributed by atoms with Crippen LogP contribution in [0.25, 0.3) is 0 Å². The van der Waals surface area contributed by atoms with Crippen molar-refractivity contribution in [2.24, 2.45) is 0 Å². The van der Waals surface area contributed by atoms with Crippen LogP contribution in [0.15, 0.2) is 48.6 Å². The highest BCUT2D eigenvalue weighted by Gasteiger charge is 2.29. The van der Waals surface area contributed by atoms with Crippen LogP contribution < -0.4 is 9.47 Å². The Morgan fingerprint density at radius 3 is 2.08 bits per heavy atom. The number of rotatable bonds is 4. The Hall–Kier alpha value is -2.62. The second kappa shape index (κ2) is 6.87. The third-order valence-corrected chi connectivity index (χ3v) is 4.65. The van der Waals surface area contributed by atoms with Crippen LogP contribution in [0.4, 0.5) is 0 Å². The Labute approximate surface area is 142 Å². The van der Waals surface area contributed by atoms with E-state index in [2.05, 4.69) is 12.2 Å². The van der Waals surface area contributed by atoms with Crippen molar-refractivity contribution in [3.63, 3.8) is 0 Å². The molecule has 0 spiro atoms. The Kier molecular flexibility index (Phi) is 4.65. The summed E-state index contributed by atoms with van der Waals surface area (Å²) in [6, 6.07) is 10.5. The molecule has 24 heavy (non-hydrogen) atoms. The molecular weight excluding hydrogens is 304 g/mol. The maximum Gasteiger partial charge on any atom is 0.119 e. The summed E-state index contributed by atoms with van der Waals surface area (Å²) in [5, 5.41) is 20.7. The summed E-state index contributed by atoms with van der Waals surface area (Å²) < 4.78 is 10.6. The van der Waals surface area contributed by atoms with Crippen molar-refractivity contribution in [2.75, 3.05) is 14.2 Å². The molecule has 0 saturated heterocycles. The fraction of sp³-hybridized carbons (Fsp3) is 0.300. The number of phenols is 2. The van der Waals surface area contributed by atoms with Crippen molar-refractivity contribution in [3.8, 4) is 23.0 Å². The van der Waals surface area contributed by atoms with E-state index in [0.717, 1.165) is 24.0 Å². The lowest BCUT2D eigenvalue weighted by molar-refractivity contribution is 0.402. The van der Waals surface area contributed by atoms with E-state index in [4.69, 9.17) is 9.47 Å². The van der Waals surface area contributed by atoms with Crippen LogP contribution in [0.3, 0.4) is 0 Å². The number of hydrogen-bond donors (Lipinski definition) is 2. The second-order valence-electron chi connectivity index (χ2n) is 5.99. The van der Waals surface area contributed by atoms with E-state index < -0.39 is 0 Å². The van der Waals surface area contributed by atoms with Crippen molar-refractivity contribution in [1.82, 2.24) is 0 Å². The van der Waals surface area contributed by atoms with E-state index >= 15 is 0 Å². The first-order chi connectivity index (χ1) is 11.6. The zero-order chi connectivity index (χ0) is 17.1. The molecule has 126 valence electrons. The van der Waals surface area contributed by atoms with E-state index in [-0.39, 0.29) is 23.3 Å². The second-order valence-corrected chi connectivity index (χ2v) is 5.99. The molecule has 4 nitrogen and oxygen atoms in total. The van der Waals surface area contributed by atoms with E-state index in [9.17, 15) is 10.2 Å². The third kappa shape index (κ3) is 3.04. The Morgan fingerprint density at radius 2 is 1.46 bits per heavy atom. The number of ether oxygens (including phenoxy) is 2. The fourth-order valence-corrected chi connectivity index (χ4v) is 3.38. The average Bonchev–Trinajstić information content (AvgIpc) is 2.63. The molecule has 1 aliphatic carbocycles. The first-order valence-electron chi connectivity index (χ1n) is 8.04. The van der Waals surface area contributed by atoms with Crippen LogP contribution in [0.1, 0.15) is 35.8 Å². The van der Waals surface area contributed by atoms with Gasteiger partial charge >= 0.3 is 0 Å². The van der Waals surface area contributed by atoms with Gasteiger partial charge in [0.2, 0.25) is 0 Å². The molecule has 0 fully saturated rings. The summed E-state index contributed by atoms with van der Waals surface area (Å²) in [6.07, 6.45) is 6.04. The predicted molar refractivity (Wildman–Crippen MR) is 93.2 cm³/mol. The Balaban J connectivity index is 2.06. The molecule has 0 saturated carbocycles. The van der Waals surface area contributed by atoms with Gasteiger partial charge in [-0.05, 0) is 55.2 Å². The molecule has 0 aliphatic heterocycles. The highest BCUT2D eigenvalue weighted by Crippen LogP contribution is 2.47. The SMILES string of the molecule is COc1ccc(O)c([C@H]2C=CCC[C@@H]2c2cc(OC)ccc2O)c1. The average molecular weight is 326 g/mol. The summed E-state index contributed by atoms with van der Waals surface area (Å²) in [5.74, 6) is 1.93. The lowest BCUT2D eigenvalue weighted by Gasteiger charge is -2.30. The lowest BCUT2D eigenvalue weighted by atomic mass is 9.75. The van der Waals surface area contributed by atoms with Gasteiger partial charge < -0.3 is 19.7 Å². The molecule has 2 aromatic carbocycles. The van der Waals surface area contributed by atoms with E-state index in [1.165, 1.54) is 0 Å². The number of aromatic hydroxyl groups is 2. The van der Waals surface area contributed by atoms with Crippen molar-refractivity contribution in [1.29, 1.82) is 0 Å². The zero-order valence-corrected chi connectivity index (χ0v) is 13.9. The van der Waals surface area contributed by atoms with E-state index in [1.54, 1.807) is 38.5 Å². The van der Waals surface area contributed by atoms with Crippen LogP contribution in [0, 0.1) is 0 Å². The number of methoxy groups -OCH3 is 2. The van der Waals surface area contributed by atoms with Crippen LogP contribution in [0.2, 0.25) is 0 Å². The van der Waals surface area contributed by atoms with Crippen molar-refractivity contribution >= 4 is 0 Å². The Morgan fingerprint density at radius 1 is 0.875 bits per heavy atom. The van der Waals surface area contributed by atoms with Gasteiger partial charge in [0.15, 0.2) is 0 Å². The lowest BCUT2D eigenvalue weighted by Crippen LogP contribution is -2.13. The molecule has 1 aliphatic rings. The topological polar surface area (TPSA) is 58.9 Å². The third-order valence-electron chi connectivity index (χ3n) is 4.65. The van der Waals surface area contributed by atoms with Crippen molar-refractivity contribution in [3.05, 3.63) is 59.7 Å². The van der Waals surface area contributed by atoms with Crippen LogP contribution in [-0.2, 0) is 0 Å². The van der Waals surface area contributed by atoms with E-state index in [0.29, 0.717) is 11.5 Å². The quantitative estimate of drug-likeness (QED) is 0.821. The van der Waals surface area contributed by atoms with Gasteiger partial charge in [-0.2, -0.15) is 0 Å². The molecule has 0 radical (unpaired) electrons. The van der Waals surface area contributed by atoms with Gasteiger partial charge in [0.1, 0.15) is 23.0 Å². The first-order valence-corrected chi connectivity index (χ1v) is 8.04. The minimum Gasteiger partial charge on any atom is -0.508 e. The number of hydrogen-bond acceptors (Lipinski definition) is 4. The smallest absolute Gasteiger partial charge is 0.119 e. The molecule has 3 rings (SSSR count). The summed E-state index contributed by atoms with van der Waals surface area (Å²) in [7, 11) is 3.22. The van der Waals surface area contributed by atoms with Gasteiger partial charge in [0, 0.05) is 17.0 Å². The zero-order valence-electron chi connectivity index (χ0n) is 13.9. The Bertz CT molecular complexity index is 751. The van der Waals surface area contributed by atoms with Gasteiger partial charge in [-0.3, -0.25) is 0 Å². The first kappa shape index (κ1) is 16.2. The monoisotopic (exact) mass is 326 g/mol. The molecule has 0 aromatic heterocycles. The molecule has 0 bridgehead atoms. The maximum absolute atomic E-state index is 10.4. The normalized spacial score (nSPS) is 19.9. The van der Waals surface area contributed by atoms with Gasteiger partial charge in [-0.1, -0.05) is 12.2 Å². The molecule has 4 heteroatoms. The number of allylic oxidation sites excluding steroid dienone is 2. The minimum absolute atomic E-state index is 0.0353. The molecule has 0 heterocycles. The maximum atomic E-state index is 10.4. The van der Waals surface area contributed by atoms with Gasteiger partial charge in [-0.25, -0.2) is 0 Å². The largest absolute Gasteiger partial charge is 0.508 e. The number of phenolic OH excluding ortho intramolecular Hbond substituents is 2. The molecule has 2 aromatic rings. The summed E-state index contributed by atoms with van der Waals surface area (Å²) in [4.78, 5) is 0. The summed E-state index contributed by atoms with van der Waals surface area (Å²) in [5.41, 5.74) is 1.64. The summed E-state index contributed by atoms with van der Waals surface area (Å²) in [6.45, 7) is 0. The fourth-order valence-electron chi connectivity index (χ4n) is 3.38. The van der Waals surface area contributed by atoms with E-state index in [1.807, 2.05) is 12.1 Å². The summed E-state index contributed by atoms with van der Waals surface area (Å²) >= 11 is 0. The van der Waals surface area contributed by atoms with Crippen molar-refractivity contribution in [2.45, 2.75) is 24.7 Å². The van der Waals surface area contributed by atoms with Crippen molar-refractivity contribution < 1.29 is 19.7 Å². The van der Waals surface area contributed by atoms with Gasteiger partial charge in [0.05, 0.1) is 14.2 Å². The predicted octanol–water partition coefficient (Wildman–Crippen LogP) is 4.33. The highest BCUT2D eigenvalue weighted by molar-refractivity contribution is 5.49. The van der Waals surface area contributed by atoms with Crippen LogP contribution in [0.5, 0.6) is 23.0 Å². The van der Waals surface area contributed by atoms with Gasteiger partial charge in [-0.15, -0.1) is 0 Å². The van der Waals surface area contributed by atoms with Gasteiger partial charge in [0.25, 0.3) is 0 Å². The molecular formula is C20H22O4. The van der Waals surface area contributed by atoms with Crippen LogP contribution >= 0.6 is 0 Å². The standard InChI is InChI=1S/C20H22O4/c1-23-13-7-9-19(21)17(11-13)15-5-3-4-6-16(15)18-12-14(24-2)8-10-20(18)22/h3,5,7-12,15-16,21-22H,4,6H2,1-2H3/t15-,16-/m0/s1. The van der Waals surface area contributed by atoms with Crippen LogP contribution in [-0.4, -0.2) is 24.4 Å². The molecule has 0 unspecified atom stereocenters. The highest BCUT2D eigenvalue weighted by atomic mass is 16.5. The minimum atomic E-state index is -0.0353. The molecule has 2 atom stereocenters. The molecule has 2 N–H and O–H groups in total. The number of benzene rings is 2. The molecule has 0 amide bonds.